The van der Waals surface area contributed by atoms with Crippen LogP contribution in [-0.4, -0.2) is 29.5 Å². The molecule has 1 rings (SSSR count). The van der Waals surface area contributed by atoms with Gasteiger partial charge in [-0.25, -0.2) is 13.6 Å². The van der Waals surface area contributed by atoms with E-state index in [2.05, 4.69) is 5.32 Å². The zero-order valence-corrected chi connectivity index (χ0v) is 9.49. The van der Waals surface area contributed by atoms with Crippen LogP contribution in [0.2, 0.25) is 0 Å². The van der Waals surface area contributed by atoms with Crippen LogP contribution in [0.4, 0.5) is 8.78 Å². The summed E-state index contributed by atoms with van der Waals surface area (Å²) in [6, 6.07) is -1.48. The number of carboxylic acids is 1. The van der Waals surface area contributed by atoms with Gasteiger partial charge in [0, 0.05) is 12.8 Å². The number of halogens is 2. The predicted octanol–water partition coefficient (Wildman–Crippen LogP) is 1.79. The molecule has 17 heavy (non-hydrogen) atoms. The quantitative estimate of drug-likeness (QED) is 0.754. The van der Waals surface area contributed by atoms with Crippen molar-refractivity contribution >= 4 is 11.9 Å². The van der Waals surface area contributed by atoms with Gasteiger partial charge in [-0.15, -0.1) is 0 Å². The number of alkyl halides is 2. The maximum atomic E-state index is 12.1. The molecule has 0 aliphatic heterocycles. The molecule has 0 aromatic rings. The van der Waals surface area contributed by atoms with Gasteiger partial charge in [0.25, 0.3) is 0 Å². The fourth-order valence-corrected chi connectivity index (χ4v) is 2.13. The second-order valence-electron chi connectivity index (χ2n) is 4.44. The summed E-state index contributed by atoms with van der Waals surface area (Å²) in [7, 11) is 0. The van der Waals surface area contributed by atoms with Crippen LogP contribution in [0.25, 0.3) is 0 Å². The lowest BCUT2D eigenvalue weighted by molar-refractivity contribution is -0.143. The van der Waals surface area contributed by atoms with E-state index in [-0.39, 0.29) is 12.3 Å². The molecule has 0 spiro atoms. The smallest absolute Gasteiger partial charge is 0.326 e. The monoisotopic (exact) mass is 249 g/mol. The highest BCUT2D eigenvalue weighted by molar-refractivity contribution is 5.83. The molecule has 1 unspecified atom stereocenters. The summed E-state index contributed by atoms with van der Waals surface area (Å²) in [4.78, 5) is 22.1. The minimum atomic E-state index is -2.73. The first kappa shape index (κ1) is 13.9. The number of hydrogen-bond donors (Lipinski definition) is 2. The van der Waals surface area contributed by atoms with Crippen molar-refractivity contribution in [2.24, 2.45) is 5.92 Å². The van der Waals surface area contributed by atoms with Gasteiger partial charge in [-0.3, -0.25) is 4.79 Å². The second-order valence-corrected chi connectivity index (χ2v) is 4.44. The molecular weight excluding hydrogens is 232 g/mol. The Kier molecular flexibility index (Phi) is 5.31. The lowest BCUT2D eigenvalue weighted by Crippen LogP contribution is -2.42. The van der Waals surface area contributed by atoms with E-state index >= 15 is 0 Å². The van der Waals surface area contributed by atoms with Crippen molar-refractivity contribution in [2.75, 3.05) is 0 Å². The third-order valence-corrected chi connectivity index (χ3v) is 3.00. The fourth-order valence-electron chi connectivity index (χ4n) is 2.13. The molecule has 0 bridgehead atoms. The Balaban J connectivity index is 2.37. The first-order chi connectivity index (χ1) is 7.99. The minimum absolute atomic E-state index is 0.243. The molecule has 1 aliphatic carbocycles. The van der Waals surface area contributed by atoms with Gasteiger partial charge in [0.1, 0.15) is 6.04 Å². The van der Waals surface area contributed by atoms with Crippen molar-refractivity contribution in [2.45, 2.75) is 51.0 Å². The number of aliphatic carboxylic acids is 1. The highest BCUT2D eigenvalue weighted by Gasteiger charge is 2.26. The van der Waals surface area contributed by atoms with Crippen LogP contribution in [0.3, 0.4) is 0 Å². The van der Waals surface area contributed by atoms with Crippen LogP contribution in [0, 0.1) is 5.92 Å². The maximum absolute atomic E-state index is 12.1. The predicted molar refractivity (Wildman–Crippen MR) is 56.8 cm³/mol. The number of rotatable bonds is 6. The zero-order chi connectivity index (χ0) is 12.8. The van der Waals surface area contributed by atoms with Crippen LogP contribution >= 0.6 is 0 Å². The topological polar surface area (TPSA) is 66.4 Å². The molecule has 1 atom stereocenters. The van der Waals surface area contributed by atoms with Crippen molar-refractivity contribution in [3.8, 4) is 0 Å². The molecule has 0 heterocycles. The average molecular weight is 249 g/mol. The van der Waals surface area contributed by atoms with Gasteiger partial charge in [0.05, 0.1) is 0 Å². The summed E-state index contributed by atoms with van der Waals surface area (Å²) in [6.45, 7) is 0. The number of nitrogens with one attached hydrogen (secondary N) is 1. The Hall–Kier alpha value is -1.20. The minimum Gasteiger partial charge on any atom is -0.480 e. The Labute approximate surface area is 98.4 Å². The Morgan fingerprint density at radius 2 is 1.88 bits per heavy atom. The van der Waals surface area contributed by atoms with Gasteiger partial charge in [-0.1, -0.05) is 12.8 Å². The maximum Gasteiger partial charge on any atom is 0.326 e. The molecule has 0 saturated heterocycles. The number of amides is 1. The SMILES string of the molecule is O=C(CC1CCCC1)NC(CC(F)F)C(=O)O. The lowest BCUT2D eigenvalue weighted by Gasteiger charge is -2.15. The van der Waals surface area contributed by atoms with E-state index in [0.29, 0.717) is 0 Å². The van der Waals surface area contributed by atoms with Crippen molar-refractivity contribution in [1.82, 2.24) is 5.32 Å². The highest BCUT2D eigenvalue weighted by Crippen LogP contribution is 2.27. The summed E-state index contributed by atoms with van der Waals surface area (Å²) in [5, 5.41) is 10.8. The molecule has 4 nitrogen and oxygen atoms in total. The first-order valence-corrected chi connectivity index (χ1v) is 5.79. The standard InChI is InChI=1S/C11H17F2NO3/c12-9(13)6-8(11(16)17)14-10(15)5-7-3-1-2-4-7/h7-9H,1-6H2,(H,14,15)(H,16,17). The second kappa shape index (κ2) is 6.51. The van der Waals surface area contributed by atoms with Crippen molar-refractivity contribution in [3.05, 3.63) is 0 Å². The average Bonchev–Trinajstić information content (AvgIpc) is 2.68. The van der Waals surface area contributed by atoms with Crippen LogP contribution in [0.1, 0.15) is 38.5 Å². The van der Waals surface area contributed by atoms with Crippen molar-refractivity contribution in [3.63, 3.8) is 0 Å². The van der Waals surface area contributed by atoms with Crippen LogP contribution in [0.5, 0.6) is 0 Å². The van der Waals surface area contributed by atoms with Gasteiger partial charge in [0.15, 0.2) is 0 Å². The molecule has 1 amide bonds. The van der Waals surface area contributed by atoms with Crippen LogP contribution in [-0.2, 0) is 9.59 Å². The molecule has 0 aromatic carbocycles. The van der Waals surface area contributed by atoms with Gasteiger partial charge in [-0.2, -0.15) is 0 Å². The molecule has 6 heteroatoms. The van der Waals surface area contributed by atoms with Crippen molar-refractivity contribution < 1.29 is 23.5 Å². The largest absolute Gasteiger partial charge is 0.480 e. The number of hydrogen-bond acceptors (Lipinski definition) is 2. The molecule has 98 valence electrons. The molecule has 2 N–H and O–H groups in total. The summed E-state index contributed by atoms with van der Waals surface area (Å²) in [6.07, 6.45) is 0.746. The summed E-state index contributed by atoms with van der Waals surface area (Å²) in [5.74, 6) is -1.58. The third kappa shape index (κ3) is 5.10. The first-order valence-electron chi connectivity index (χ1n) is 5.79. The fraction of sp³-hybridized carbons (Fsp3) is 0.818. The number of carbonyl (C=O) groups excluding carboxylic acids is 1. The van der Waals surface area contributed by atoms with Gasteiger partial charge >= 0.3 is 5.97 Å². The molecule has 1 aliphatic rings. The number of carbonyl (C=O) groups is 2. The van der Waals surface area contributed by atoms with Gasteiger partial charge < -0.3 is 10.4 Å². The van der Waals surface area contributed by atoms with E-state index in [1.54, 1.807) is 0 Å². The molecular formula is C11H17F2NO3. The molecule has 1 saturated carbocycles. The lowest BCUT2D eigenvalue weighted by atomic mass is 10.0. The van der Waals surface area contributed by atoms with Crippen LogP contribution in [0.15, 0.2) is 0 Å². The van der Waals surface area contributed by atoms with Crippen LogP contribution < -0.4 is 5.32 Å². The summed E-state index contributed by atoms with van der Waals surface area (Å²) in [5.41, 5.74) is 0. The summed E-state index contributed by atoms with van der Waals surface area (Å²) < 4.78 is 24.2. The van der Waals surface area contributed by atoms with E-state index in [4.69, 9.17) is 5.11 Å². The van der Waals surface area contributed by atoms with E-state index in [1.807, 2.05) is 0 Å². The van der Waals surface area contributed by atoms with E-state index < -0.39 is 30.8 Å². The molecule has 1 fully saturated rings. The Morgan fingerprint density at radius 3 is 2.35 bits per heavy atom. The zero-order valence-electron chi connectivity index (χ0n) is 9.49. The van der Waals surface area contributed by atoms with E-state index in [9.17, 15) is 18.4 Å². The van der Waals surface area contributed by atoms with Crippen molar-refractivity contribution in [1.29, 1.82) is 0 Å². The van der Waals surface area contributed by atoms with E-state index in [0.717, 1.165) is 25.7 Å². The third-order valence-electron chi connectivity index (χ3n) is 3.00. The molecule has 0 aromatic heterocycles. The highest BCUT2D eigenvalue weighted by atomic mass is 19.3. The normalized spacial score (nSPS) is 18.3. The molecule has 0 radical (unpaired) electrons. The Bertz CT molecular complexity index is 278. The van der Waals surface area contributed by atoms with Gasteiger partial charge in [-0.05, 0) is 18.8 Å². The van der Waals surface area contributed by atoms with E-state index in [1.165, 1.54) is 0 Å². The summed E-state index contributed by atoms with van der Waals surface area (Å²) >= 11 is 0. The number of carboxylic acid groups (broad SMARTS) is 1. The Morgan fingerprint density at radius 1 is 1.29 bits per heavy atom. The van der Waals surface area contributed by atoms with Gasteiger partial charge in [0.2, 0.25) is 12.3 Å².